The number of nitrogens with zero attached hydrogens (tertiary/aromatic N) is 1. The first-order valence-corrected chi connectivity index (χ1v) is 7.73. The Balaban J connectivity index is 1.70. The van der Waals surface area contributed by atoms with E-state index in [1.807, 2.05) is 49.1 Å². The highest BCUT2D eigenvalue weighted by atomic mass is 16.5. The summed E-state index contributed by atoms with van der Waals surface area (Å²) in [7, 11) is 0. The predicted octanol–water partition coefficient (Wildman–Crippen LogP) is 3.66. The van der Waals surface area contributed by atoms with Crippen LogP contribution >= 0.6 is 0 Å². The molecular weight excluding hydrogens is 274 g/mol. The summed E-state index contributed by atoms with van der Waals surface area (Å²) >= 11 is 0. The van der Waals surface area contributed by atoms with Crippen LogP contribution in [0.3, 0.4) is 0 Å². The second-order valence-corrected chi connectivity index (χ2v) is 5.89. The van der Waals surface area contributed by atoms with Crippen LogP contribution in [-0.2, 0) is 11.2 Å². The fourth-order valence-electron chi connectivity index (χ4n) is 3.03. The zero-order valence-corrected chi connectivity index (χ0v) is 13.1. The van der Waals surface area contributed by atoms with Crippen molar-refractivity contribution in [2.45, 2.75) is 26.7 Å². The molecule has 114 valence electrons. The van der Waals surface area contributed by atoms with E-state index in [4.69, 9.17) is 4.74 Å². The Bertz CT molecular complexity index is 673. The van der Waals surface area contributed by atoms with Crippen LogP contribution in [0.1, 0.15) is 23.1 Å². The van der Waals surface area contributed by atoms with Gasteiger partial charge in [0.15, 0.2) is 6.61 Å². The fraction of sp³-hybridized carbons (Fsp3) is 0.316. The SMILES string of the molecule is Cc1cc(C)cc(OCC(=O)N2CCCc3ccccc32)c1. The zero-order valence-electron chi connectivity index (χ0n) is 13.1. The number of para-hydroxylation sites is 1. The largest absolute Gasteiger partial charge is 0.484 e. The summed E-state index contributed by atoms with van der Waals surface area (Å²) in [6.45, 7) is 4.91. The molecule has 2 aromatic carbocycles. The molecule has 1 heterocycles. The smallest absolute Gasteiger partial charge is 0.264 e. The Morgan fingerprint density at radius 1 is 1.14 bits per heavy atom. The average Bonchev–Trinajstić information content (AvgIpc) is 2.51. The summed E-state index contributed by atoms with van der Waals surface area (Å²) in [5.41, 5.74) is 4.56. The van der Waals surface area contributed by atoms with E-state index in [0.29, 0.717) is 0 Å². The van der Waals surface area contributed by atoms with Gasteiger partial charge in [-0.15, -0.1) is 0 Å². The third-order valence-corrected chi connectivity index (χ3v) is 3.97. The number of ether oxygens (including phenoxy) is 1. The van der Waals surface area contributed by atoms with E-state index >= 15 is 0 Å². The molecule has 1 aliphatic heterocycles. The molecule has 3 heteroatoms. The van der Waals surface area contributed by atoms with Gasteiger partial charge >= 0.3 is 0 Å². The quantitative estimate of drug-likeness (QED) is 0.865. The number of rotatable bonds is 3. The van der Waals surface area contributed by atoms with E-state index < -0.39 is 0 Å². The molecule has 0 aliphatic carbocycles. The molecule has 0 radical (unpaired) electrons. The van der Waals surface area contributed by atoms with E-state index in [-0.39, 0.29) is 12.5 Å². The second kappa shape index (κ2) is 6.22. The molecule has 0 N–H and O–H groups in total. The number of hydrogen-bond donors (Lipinski definition) is 0. The summed E-state index contributed by atoms with van der Waals surface area (Å²) in [5, 5.41) is 0. The first kappa shape index (κ1) is 14.6. The van der Waals surface area contributed by atoms with Crippen LogP contribution in [0.4, 0.5) is 5.69 Å². The van der Waals surface area contributed by atoms with Gasteiger partial charge in [0.25, 0.3) is 5.91 Å². The minimum atomic E-state index is 0.0197. The molecule has 0 fully saturated rings. The number of amides is 1. The highest BCUT2D eigenvalue weighted by Crippen LogP contribution is 2.27. The molecule has 3 rings (SSSR count). The first-order valence-electron chi connectivity index (χ1n) is 7.73. The first-order chi connectivity index (χ1) is 10.6. The van der Waals surface area contributed by atoms with Crippen molar-refractivity contribution in [1.29, 1.82) is 0 Å². The van der Waals surface area contributed by atoms with Gasteiger partial charge in [-0.1, -0.05) is 24.3 Å². The van der Waals surface area contributed by atoms with Crippen molar-refractivity contribution >= 4 is 11.6 Å². The lowest BCUT2D eigenvalue weighted by atomic mass is 10.0. The van der Waals surface area contributed by atoms with Crippen LogP contribution in [-0.4, -0.2) is 19.1 Å². The maximum absolute atomic E-state index is 12.5. The zero-order chi connectivity index (χ0) is 15.5. The van der Waals surface area contributed by atoms with Gasteiger partial charge in [-0.05, 0) is 61.6 Å². The molecule has 0 saturated heterocycles. The predicted molar refractivity (Wildman–Crippen MR) is 88.5 cm³/mol. The second-order valence-electron chi connectivity index (χ2n) is 5.89. The summed E-state index contributed by atoms with van der Waals surface area (Å²) < 4.78 is 5.71. The van der Waals surface area contributed by atoms with Gasteiger partial charge in [-0.2, -0.15) is 0 Å². The molecule has 0 unspecified atom stereocenters. The van der Waals surface area contributed by atoms with Crippen molar-refractivity contribution in [2.24, 2.45) is 0 Å². The van der Waals surface area contributed by atoms with Crippen molar-refractivity contribution in [3.63, 3.8) is 0 Å². The van der Waals surface area contributed by atoms with E-state index in [1.165, 1.54) is 5.56 Å². The topological polar surface area (TPSA) is 29.5 Å². The van der Waals surface area contributed by atoms with E-state index in [0.717, 1.165) is 42.0 Å². The standard InChI is InChI=1S/C19H21NO2/c1-14-10-15(2)12-17(11-14)22-13-19(21)20-9-5-7-16-6-3-4-8-18(16)20/h3-4,6,8,10-12H,5,7,9,13H2,1-2H3. The number of benzene rings is 2. The maximum atomic E-state index is 12.5. The molecule has 0 atom stereocenters. The van der Waals surface area contributed by atoms with E-state index in [9.17, 15) is 4.79 Å². The normalized spacial score (nSPS) is 13.6. The molecule has 0 spiro atoms. The highest BCUT2D eigenvalue weighted by Gasteiger charge is 2.22. The monoisotopic (exact) mass is 295 g/mol. The number of carbonyl (C=O) groups excluding carboxylic acids is 1. The lowest BCUT2D eigenvalue weighted by molar-refractivity contribution is -0.120. The molecule has 3 nitrogen and oxygen atoms in total. The van der Waals surface area contributed by atoms with Crippen molar-refractivity contribution in [2.75, 3.05) is 18.1 Å². The Morgan fingerprint density at radius 2 is 1.86 bits per heavy atom. The van der Waals surface area contributed by atoms with E-state index in [2.05, 4.69) is 12.1 Å². The molecular formula is C19H21NO2. The lowest BCUT2D eigenvalue weighted by Gasteiger charge is -2.29. The van der Waals surface area contributed by atoms with Crippen molar-refractivity contribution in [3.05, 3.63) is 59.2 Å². The maximum Gasteiger partial charge on any atom is 0.264 e. The van der Waals surface area contributed by atoms with Gasteiger partial charge in [0.1, 0.15) is 5.75 Å². The Hall–Kier alpha value is -2.29. The van der Waals surface area contributed by atoms with Gasteiger partial charge in [0.05, 0.1) is 0 Å². The van der Waals surface area contributed by atoms with Crippen molar-refractivity contribution in [3.8, 4) is 5.75 Å². The number of aryl methyl sites for hydroxylation is 3. The third kappa shape index (κ3) is 3.14. The molecule has 0 saturated carbocycles. The summed E-state index contributed by atoms with van der Waals surface area (Å²) in [6, 6.07) is 14.1. The van der Waals surface area contributed by atoms with Crippen LogP contribution in [0, 0.1) is 13.8 Å². The Morgan fingerprint density at radius 3 is 2.64 bits per heavy atom. The van der Waals surface area contributed by atoms with Crippen molar-refractivity contribution in [1.82, 2.24) is 0 Å². The number of hydrogen-bond acceptors (Lipinski definition) is 2. The van der Waals surface area contributed by atoms with Crippen LogP contribution in [0.25, 0.3) is 0 Å². The third-order valence-electron chi connectivity index (χ3n) is 3.97. The Labute approximate surface area is 131 Å². The van der Waals surface area contributed by atoms with Crippen LogP contribution in [0.5, 0.6) is 5.75 Å². The number of carbonyl (C=O) groups is 1. The van der Waals surface area contributed by atoms with Gasteiger partial charge in [0, 0.05) is 12.2 Å². The molecule has 1 amide bonds. The molecule has 22 heavy (non-hydrogen) atoms. The molecule has 0 aromatic heterocycles. The van der Waals surface area contributed by atoms with E-state index in [1.54, 1.807) is 0 Å². The highest BCUT2D eigenvalue weighted by molar-refractivity contribution is 5.95. The minimum absolute atomic E-state index is 0.0197. The lowest BCUT2D eigenvalue weighted by Crippen LogP contribution is -2.38. The molecule has 1 aliphatic rings. The molecule has 0 bridgehead atoms. The van der Waals surface area contributed by atoms with Crippen LogP contribution in [0.2, 0.25) is 0 Å². The summed E-state index contributed by atoms with van der Waals surface area (Å²) in [4.78, 5) is 14.4. The van der Waals surface area contributed by atoms with Crippen LogP contribution < -0.4 is 9.64 Å². The summed E-state index contributed by atoms with van der Waals surface area (Å²) in [5.74, 6) is 0.780. The number of fused-ring (bicyclic) bond motifs is 1. The average molecular weight is 295 g/mol. The Kier molecular flexibility index (Phi) is 4.14. The van der Waals surface area contributed by atoms with Gasteiger partial charge in [0.2, 0.25) is 0 Å². The van der Waals surface area contributed by atoms with Gasteiger partial charge in [-0.25, -0.2) is 0 Å². The van der Waals surface area contributed by atoms with Gasteiger partial charge in [-0.3, -0.25) is 4.79 Å². The van der Waals surface area contributed by atoms with Crippen molar-refractivity contribution < 1.29 is 9.53 Å². The fourth-order valence-corrected chi connectivity index (χ4v) is 3.03. The minimum Gasteiger partial charge on any atom is -0.484 e. The van der Waals surface area contributed by atoms with Crippen LogP contribution in [0.15, 0.2) is 42.5 Å². The van der Waals surface area contributed by atoms with Gasteiger partial charge < -0.3 is 9.64 Å². The molecule has 2 aromatic rings. The summed E-state index contributed by atoms with van der Waals surface area (Å²) in [6.07, 6.45) is 2.05. The number of anilines is 1.